The largest absolute Gasteiger partial charge is 0.481 e. The van der Waals surface area contributed by atoms with Crippen LogP contribution in [0, 0.1) is 29.6 Å². The maximum Gasteiger partial charge on any atom is 0.410 e. The number of hydrogen-bond donors (Lipinski definition) is 3. The topological polar surface area (TPSA) is 240 Å². The SMILES string of the molecule is C.CC(C)(C)OC(=O)N1CCC2(CC1)C[C@@H]2C(=O)O.CCC(=O)CCCCC[C@H](NC(=O)[C@H]1CC12CCN(C(=O)OC(C)(C)C)CC2)c1ncc(Br)n1COCC[Si](C)(C)C.[2HH].[B][B].[CH2+]CC(=O)CCCCC[C@H](N)c1ncc(Br)n1COCC[Si](C)(C)C. The van der Waals surface area contributed by atoms with E-state index in [9.17, 15) is 28.8 Å². The number of carbonyl (C=O) groups excluding carboxylic acids is 5. The van der Waals surface area contributed by atoms with Crippen LogP contribution in [0.25, 0.3) is 0 Å². The van der Waals surface area contributed by atoms with Gasteiger partial charge in [0.25, 0.3) is 0 Å². The van der Waals surface area contributed by atoms with Crippen molar-refractivity contribution in [1.82, 2.24) is 34.2 Å². The summed E-state index contributed by atoms with van der Waals surface area (Å²) >= 11 is 7.15. The van der Waals surface area contributed by atoms with Crippen molar-refractivity contribution in [3.8, 4) is 0 Å². The smallest absolute Gasteiger partial charge is 0.410 e. The van der Waals surface area contributed by atoms with Gasteiger partial charge in [-0.3, -0.25) is 28.3 Å². The number of ketones is 2. The summed E-state index contributed by atoms with van der Waals surface area (Å²) < 4.78 is 28.5. The molecule has 4 radical (unpaired) electrons. The number of ether oxygens (including phenoxy) is 4. The number of imidazole rings is 2. The number of aliphatic carboxylic acids is 1. The van der Waals surface area contributed by atoms with Gasteiger partial charge in [-0.2, -0.15) is 0 Å². The molecule has 498 valence electrons. The summed E-state index contributed by atoms with van der Waals surface area (Å²) in [5.74, 6) is 1.31. The molecule has 4 N–H and O–H groups in total. The molecular weight excluding hydrogens is 1280 g/mol. The lowest BCUT2D eigenvalue weighted by molar-refractivity contribution is -0.139. The zero-order chi connectivity index (χ0) is 65.6. The Kier molecular flexibility index (Phi) is 34.1. The Morgan fingerprint density at radius 3 is 1.52 bits per heavy atom. The van der Waals surface area contributed by atoms with Crippen LogP contribution in [0.4, 0.5) is 9.59 Å². The standard InChI is InChI=1S/C31H53BrN4O5Si.C18H33BrN3O2Si.C13H21NO4.CH4.B2.H2/c1-8-23(37)12-10-9-11-13-25(27-33-21-26(32)36(27)22-40-18-19-42(5,6)7)34-28(38)24-20-31(24)14-16-35(17-15-31)29(39)41-30(2,3)4;1-5-15(23)9-7-6-8-10-16(20)18-21-13-17(19)22(18)14-24-11-12-25(2,3)4;1-12(2,3)18-11(17)14-6-4-13(5-7-14)8-9(13)10(15)16;;1-2;/h21,24-25H,8-20,22H2,1-7H3,(H,34,38);13,16H,1,5-12,14,20H2,2-4H3;9H,4-8H2,1-3H3,(H,15,16);1H4;;1H/q;+1;;;;/t24-,25+;16-;9-;;;/m101.../s1/i;;;;;1+1. The summed E-state index contributed by atoms with van der Waals surface area (Å²) in [6, 6.07) is 1.87. The third-order valence-corrected chi connectivity index (χ3v) is 21.2. The molecule has 2 aliphatic heterocycles. The molecule has 4 aliphatic rings. The van der Waals surface area contributed by atoms with E-state index in [1.165, 1.54) is 0 Å². The predicted molar refractivity (Wildman–Crippen MR) is 365 cm³/mol. The molecule has 19 nitrogen and oxygen atoms in total. The second-order valence-corrected chi connectivity index (χ2v) is 41.4. The van der Waals surface area contributed by atoms with Crippen molar-refractivity contribution in [2.75, 3.05) is 39.4 Å². The third kappa shape index (κ3) is 28.6. The van der Waals surface area contributed by atoms with E-state index < -0.39 is 33.3 Å². The van der Waals surface area contributed by atoms with Gasteiger partial charge >= 0.3 is 18.2 Å². The van der Waals surface area contributed by atoms with Gasteiger partial charge < -0.3 is 44.9 Å². The highest BCUT2D eigenvalue weighted by Crippen LogP contribution is 2.60. The quantitative estimate of drug-likeness (QED) is 0.0390. The molecule has 0 bridgehead atoms. The van der Waals surface area contributed by atoms with Crippen LogP contribution in [0.5, 0.6) is 0 Å². The highest BCUT2D eigenvalue weighted by atomic mass is 79.9. The Hall–Kier alpha value is -3.49. The number of carboxylic acid groups (broad SMARTS) is 1. The number of unbranched alkanes of at least 4 members (excludes halogenated alkanes) is 4. The van der Waals surface area contributed by atoms with Gasteiger partial charge in [0, 0.05) is 97.6 Å². The number of halogens is 2. The zero-order valence-electron chi connectivity index (χ0n) is 55.2. The van der Waals surface area contributed by atoms with Gasteiger partial charge in [-0.05, 0) is 161 Å². The highest BCUT2D eigenvalue weighted by Gasteiger charge is 2.60. The third-order valence-electron chi connectivity index (χ3n) is 16.5. The number of nitrogens with zero attached hydrogens (tertiary/aromatic N) is 6. The summed E-state index contributed by atoms with van der Waals surface area (Å²) in [6.07, 6.45) is 17.2. The molecular formula is C63H113B2Br2N8O11Si2+. The number of aromatic nitrogens is 4. The lowest BCUT2D eigenvalue weighted by Gasteiger charge is -2.34. The van der Waals surface area contributed by atoms with E-state index in [0.717, 1.165) is 129 Å². The first-order chi connectivity index (χ1) is 40.6. The molecule has 4 fully saturated rings. The van der Waals surface area contributed by atoms with E-state index in [-0.39, 0.29) is 67.5 Å². The zero-order valence-corrected chi connectivity index (χ0v) is 60.3. The van der Waals surface area contributed by atoms with Gasteiger partial charge in [-0.25, -0.2) is 19.6 Å². The second-order valence-electron chi connectivity index (χ2n) is 28.5. The van der Waals surface area contributed by atoms with E-state index >= 15 is 0 Å². The van der Waals surface area contributed by atoms with E-state index in [4.69, 9.17) is 34.8 Å². The Balaban J connectivity index is 0.000000715. The van der Waals surface area contributed by atoms with Crippen LogP contribution < -0.4 is 11.1 Å². The lowest BCUT2D eigenvalue weighted by Crippen LogP contribution is -2.43. The van der Waals surface area contributed by atoms with E-state index in [2.05, 4.69) is 104 Å². The summed E-state index contributed by atoms with van der Waals surface area (Å²) in [5, 5.41) is 12.3. The van der Waals surface area contributed by atoms with E-state index in [1.54, 1.807) is 22.2 Å². The minimum atomic E-state index is -1.20. The molecule has 88 heavy (non-hydrogen) atoms. The Labute approximate surface area is 551 Å². The van der Waals surface area contributed by atoms with Gasteiger partial charge in [0.1, 0.15) is 57.7 Å². The Morgan fingerprint density at radius 1 is 0.705 bits per heavy atom. The van der Waals surface area contributed by atoms with Crippen LogP contribution >= 0.6 is 31.9 Å². The maximum atomic E-state index is 13.6. The number of likely N-dealkylation sites (tertiary alicyclic amines) is 2. The fourth-order valence-corrected chi connectivity index (χ4v) is 13.0. The van der Waals surface area contributed by atoms with Crippen molar-refractivity contribution in [3.63, 3.8) is 0 Å². The van der Waals surface area contributed by atoms with Crippen LogP contribution in [0.1, 0.15) is 197 Å². The first kappa shape index (κ1) is 80.6. The van der Waals surface area contributed by atoms with Crippen LogP contribution in [0.15, 0.2) is 21.6 Å². The van der Waals surface area contributed by atoms with Crippen LogP contribution in [-0.2, 0) is 51.6 Å². The van der Waals surface area contributed by atoms with Crippen molar-refractivity contribution in [2.45, 2.75) is 260 Å². The summed E-state index contributed by atoms with van der Waals surface area (Å²) in [6.45, 7) is 35.5. The highest BCUT2D eigenvalue weighted by molar-refractivity contribution is 9.10. The number of Topliss-reactive ketones (excluding diaryl/α,β-unsaturated/α-hetero) is 2. The minimum absolute atomic E-state index is 0. The molecule has 25 heteroatoms. The number of nitrogens with two attached hydrogens (primary N) is 1. The summed E-state index contributed by atoms with van der Waals surface area (Å²) in [4.78, 5) is 84.5. The van der Waals surface area contributed by atoms with Gasteiger partial charge in [0.15, 0.2) is 5.78 Å². The second kappa shape index (κ2) is 37.3. The van der Waals surface area contributed by atoms with Crippen LogP contribution in [0.3, 0.4) is 0 Å². The number of amides is 3. The van der Waals surface area contributed by atoms with Crippen molar-refractivity contribution < 1.29 is 54.2 Å². The van der Waals surface area contributed by atoms with E-state index in [1.807, 2.05) is 57.6 Å². The molecule has 2 saturated carbocycles. The summed E-state index contributed by atoms with van der Waals surface area (Å²) in [7, 11) is 5.72. The first-order valence-corrected chi connectivity index (χ1v) is 40.6. The van der Waals surface area contributed by atoms with Crippen molar-refractivity contribution >= 4 is 99.1 Å². The molecule has 0 aromatic carbocycles. The van der Waals surface area contributed by atoms with Crippen LogP contribution in [0.2, 0.25) is 51.4 Å². The monoisotopic (exact) mass is 1390 g/mol. The number of carbonyl (C=O) groups is 6. The number of carboxylic acids is 1. The van der Waals surface area contributed by atoms with Gasteiger partial charge in [0.05, 0.1) is 37.3 Å². The molecule has 2 aromatic rings. The van der Waals surface area contributed by atoms with E-state index in [0.29, 0.717) is 77.7 Å². The molecule has 2 aromatic heterocycles. The number of rotatable bonds is 29. The Morgan fingerprint density at radius 2 is 1.11 bits per heavy atom. The average Bonchev–Trinajstić information content (AvgIpc) is 1.62. The number of hydrogen-bond acceptors (Lipinski definition) is 13. The normalized spacial score (nSPS) is 18.2. The molecule has 3 amide bonds. The predicted octanol–water partition coefficient (Wildman–Crippen LogP) is 14.0. The minimum Gasteiger partial charge on any atom is -0.481 e. The number of nitrogens with one attached hydrogen (secondary N) is 1. The molecule has 2 aliphatic carbocycles. The van der Waals surface area contributed by atoms with Gasteiger partial charge in [-0.1, -0.05) is 79.3 Å². The Bertz CT molecular complexity index is 2490. The number of piperidine rings is 2. The molecule has 4 atom stereocenters. The van der Waals surface area contributed by atoms with Crippen LogP contribution in [-0.4, -0.2) is 152 Å². The fraction of sp³-hybridized carbons (Fsp3) is 0.794. The van der Waals surface area contributed by atoms with Gasteiger partial charge in [0.2, 0.25) is 5.91 Å². The maximum absolute atomic E-state index is 13.6. The van der Waals surface area contributed by atoms with Crippen molar-refractivity contribution in [2.24, 2.45) is 28.4 Å². The molecule has 2 saturated heterocycles. The molecule has 2 spiro atoms. The summed E-state index contributed by atoms with van der Waals surface area (Å²) in [5.41, 5.74) is 5.25. The molecule has 0 unspecified atom stereocenters. The van der Waals surface area contributed by atoms with Crippen molar-refractivity contribution in [1.29, 1.82) is 0 Å². The molecule has 4 heterocycles. The average molecular weight is 1400 g/mol. The lowest BCUT2D eigenvalue weighted by atomic mass is 9.81. The molecule has 6 rings (SSSR count). The van der Waals surface area contributed by atoms with Gasteiger partial charge in [-0.15, -0.1) is 0 Å². The van der Waals surface area contributed by atoms with Crippen molar-refractivity contribution in [3.05, 3.63) is 40.2 Å². The first-order valence-electron chi connectivity index (χ1n) is 31.6. The fourth-order valence-electron chi connectivity index (χ4n) is 10.8.